The van der Waals surface area contributed by atoms with Gasteiger partial charge in [-0.15, -0.1) is 0 Å². The number of aromatic nitrogens is 3. The van der Waals surface area contributed by atoms with Crippen molar-refractivity contribution < 1.29 is 9.15 Å². The zero-order chi connectivity index (χ0) is 31.6. The van der Waals surface area contributed by atoms with Crippen LogP contribution in [0.1, 0.15) is 11.5 Å². The summed E-state index contributed by atoms with van der Waals surface area (Å²) >= 11 is 0. The summed E-state index contributed by atoms with van der Waals surface area (Å²) in [6.07, 6.45) is 8.40. The first-order valence-electron chi connectivity index (χ1n) is 16.2. The van der Waals surface area contributed by atoms with Gasteiger partial charge in [0, 0.05) is 33.4 Å². The van der Waals surface area contributed by atoms with Crippen molar-refractivity contribution in [1.29, 1.82) is 0 Å². The van der Waals surface area contributed by atoms with Gasteiger partial charge in [0.15, 0.2) is 17.5 Å². The van der Waals surface area contributed by atoms with E-state index in [0.29, 0.717) is 17.5 Å². The van der Waals surface area contributed by atoms with Crippen molar-refractivity contribution in [2.75, 3.05) is 0 Å². The number of allylic oxidation sites excluding steroid dienone is 2. The first kappa shape index (κ1) is 26.8. The molecule has 1 aliphatic heterocycles. The lowest BCUT2D eigenvalue weighted by Gasteiger charge is -2.17. The Hall–Kier alpha value is -6.33. The molecule has 0 radical (unpaired) electrons. The van der Waals surface area contributed by atoms with Crippen molar-refractivity contribution in [2.45, 2.75) is 12.0 Å². The molecule has 0 amide bonds. The number of hydrogen-bond acceptors (Lipinski definition) is 5. The molecule has 6 aromatic carbocycles. The van der Waals surface area contributed by atoms with Crippen LogP contribution in [0.2, 0.25) is 0 Å². The summed E-state index contributed by atoms with van der Waals surface area (Å²) in [6.45, 7) is 0. The minimum absolute atomic E-state index is 0.0462. The Labute approximate surface area is 276 Å². The topological polar surface area (TPSA) is 61.0 Å². The number of hydrogen-bond donors (Lipinski definition) is 0. The van der Waals surface area contributed by atoms with Crippen LogP contribution in [0.5, 0.6) is 5.75 Å². The van der Waals surface area contributed by atoms with Crippen LogP contribution in [-0.4, -0.2) is 21.1 Å². The normalized spacial score (nSPS) is 16.3. The SMILES string of the molecule is C1=CC2Oc3cc(-c4ccc5ccccc5c4)cc(-c4nc(-c5ccccc5)nc(-c5cccc6c5oc5ccccc56)n4)c3C2C=C1. The van der Waals surface area contributed by atoms with Crippen molar-refractivity contribution >= 4 is 32.7 Å². The average molecular weight is 618 g/mol. The Morgan fingerprint density at radius 2 is 1.25 bits per heavy atom. The maximum atomic E-state index is 6.62. The van der Waals surface area contributed by atoms with E-state index in [4.69, 9.17) is 24.1 Å². The number of fused-ring (bicyclic) bond motifs is 7. The van der Waals surface area contributed by atoms with Crippen LogP contribution >= 0.6 is 0 Å². The molecule has 0 fully saturated rings. The van der Waals surface area contributed by atoms with Crippen LogP contribution in [0.25, 0.3) is 78.0 Å². The number of para-hydroxylation sites is 2. The maximum Gasteiger partial charge on any atom is 0.167 e. The van der Waals surface area contributed by atoms with E-state index in [2.05, 4.69) is 91.0 Å². The maximum absolute atomic E-state index is 6.62. The van der Waals surface area contributed by atoms with Crippen LogP contribution in [0, 0.1) is 0 Å². The summed E-state index contributed by atoms with van der Waals surface area (Å²) in [5.74, 6) is 2.65. The van der Waals surface area contributed by atoms with Gasteiger partial charge < -0.3 is 9.15 Å². The highest BCUT2D eigenvalue weighted by atomic mass is 16.5. The molecule has 5 heteroatoms. The van der Waals surface area contributed by atoms with Crippen molar-refractivity contribution in [3.05, 3.63) is 157 Å². The molecular formula is C43H27N3O2. The Morgan fingerprint density at radius 3 is 2.17 bits per heavy atom. The molecule has 10 rings (SSSR count). The fraction of sp³-hybridized carbons (Fsp3) is 0.0465. The van der Waals surface area contributed by atoms with Gasteiger partial charge in [-0.25, -0.2) is 15.0 Å². The highest BCUT2D eigenvalue weighted by Gasteiger charge is 2.36. The minimum Gasteiger partial charge on any atom is -0.485 e. The van der Waals surface area contributed by atoms with Crippen molar-refractivity contribution in [3.8, 4) is 51.0 Å². The molecule has 0 spiro atoms. The van der Waals surface area contributed by atoms with Crippen LogP contribution in [-0.2, 0) is 0 Å². The largest absolute Gasteiger partial charge is 0.485 e. The van der Waals surface area contributed by atoms with Gasteiger partial charge in [0.2, 0.25) is 0 Å². The second-order valence-electron chi connectivity index (χ2n) is 12.3. The number of nitrogens with zero attached hydrogens (tertiary/aromatic N) is 3. The molecule has 0 saturated carbocycles. The molecule has 5 nitrogen and oxygen atoms in total. The Morgan fingerprint density at radius 1 is 0.500 bits per heavy atom. The molecule has 0 N–H and O–H groups in total. The summed E-state index contributed by atoms with van der Waals surface area (Å²) in [4.78, 5) is 15.5. The molecule has 0 saturated heterocycles. The van der Waals surface area contributed by atoms with Crippen LogP contribution in [0.4, 0.5) is 0 Å². The zero-order valence-electron chi connectivity index (χ0n) is 25.7. The lowest BCUT2D eigenvalue weighted by molar-refractivity contribution is 0.269. The minimum atomic E-state index is -0.0881. The third kappa shape index (κ3) is 4.28. The smallest absolute Gasteiger partial charge is 0.167 e. The van der Waals surface area contributed by atoms with Gasteiger partial charge in [-0.2, -0.15) is 0 Å². The van der Waals surface area contributed by atoms with E-state index in [0.717, 1.165) is 61.1 Å². The first-order chi connectivity index (χ1) is 23.8. The summed E-state index contributed by atoms with van der Waals surface area (Å²) in [6, 6.07) is 43.8. The quantitative estimate of drug-likeness (QED) is 0.197. The molecule has 2 aromatic heterocycles. The van der Waals surface area contributed by atoms with E-state index in [-0.39, 0.29) is 12.0 Å². The van der Waals surface area contributed by atoms with Crippen molar-refractivity contribution in [2.24, 2.45) is 0 Å². The summed E-state index contributed by atoms with van der Waals surface area (Å²) < 4.78 is 13.1. The third-order valence-electron chi connectivity index (χ3n) is 9.46. The van der Waals surface area contributed by atoms with E-state index in [1.165, 1.54) is 10.8 Å². The Kier molecular flexibility index (Phi) is 5.93. The molecule has 2 unspecified atom stereocenters. The van der Waals surface area contributed by atoms with Gasteiger partial charge in [-0.1, -0.05) is 115 Å². The fourth-order valence-corrected chi connectivity index (χ4v) is 7.15. The monoisotopic (exact) mass is 617 g/mol. The zero-order valence-corrected chi connectivity index (χ0v) is 25.7. The molecular weight excluding hydrogens is 590 g/mol. The van der Waals surface area contributed by atoms with Crippen molar-refractivity contribution in [1.82, 2.24) is 15.0 Å². The molecule has 8 aromatic rings. The van der Waals surface area contributed by atoms with Crippen LogP contribution < -0.4 is 4.74 Å². The van der Waals surface area contributed by atoms with E-state index in [1.54, 1.807) is 0 Å². The summed E-state index contributed by atoms with van der Waals surface area (Å²) in [7, 11) is 0. The fourth-order valence-electron chi connectivity index (χ4n) is 7.15. The second kappa shape index (κ2) is 10.6. The van der Waals surface area contributed by atoms with Crippen LogP contribution in [0.3, 0.4) is 0 Å². The molecule has 48 heavy (non-hydrogen) atoms. The van der Waals surface area contributed by atoms with E-state index >= 15 is 0 Å². The third-order valence-corrected chi connectivity index (χ3v) is 9.46. The van der Waals surface area contributed by atoms with Crippen molar-refractivity contribution in [3.63, 3.8) is 0 Å². The van der Waals surface area contributed by atoms with Gasteiger partial charge >= 0.3 is 0 Å². The van der Waals surface area contributed by atoms with Gasteiger partial charge in [-0.05, 0) is 58.3 Å². The Balaban J connectivity index is 1.24. The second-order valence-corrected chi connectivity index (χ2v) is 12.3. The number of benzene rings is 6. The predicted molar refractivity (Wildman–Crippen MR) is 192 cm³/mol. The van der Waals surface area contributed by atoms with E-state index < -0.39 is 0 Å². The summed E-state index contributed by atoms with van der Waals surface area (Å²) in [5.41, 5.74) is 7.49. The first-order valence-corrected chi connectivity index (χ1v) is 16.2. The van der Waals surface area contributed by atoms with Crippen LogP contribution in [0.15, 0.2) is 156 Å². The highest BCUT2D eigenvalue weighted by Crippen LogP contribution is 2.48. The average Bonchev–Trinajstić information content (AvgIpc) is 3.73. The van der Waals surface area contributed by atoms with Gasteiger partial charge in [-0.3, -0.25) is 0 Å². The molecule has 2 atom stereocenters. The van der Waals surface area contributed by atoms with Gasteiger partial charge in [0.1, 0.15) is 23.0 Å². The number of rotatable bonds is 4. The van der Waals surface area contributed by atoms with E-state index in [1.807, 2.05) is 60.7 Å². The van der Waals surface area contributed by atoms with Gasteiger partial charge in [0.05, 0.1) is 5.56 Å². The standard InChI is InChI=1S/C43H27N3O2/c1-2-12-27(13-3-1)41-44-42(34-18-10-17-32-31-15-6-8-19-36(31)48-40(32)34)46-43(45-41)35-24-30(29-22-21-26-11-4-5-14-28(26)23-29)25-38-39(35)33-16-7-9-20-37(33)47-38/h1-25,33,37H. The Bertz CT molecular complexity index is 2620. The lowest BCUT2D eigenvalue weighted by Crippen LogP contribution is -2.16. The molecule has 2 aliphatic rings. The van der Waals surface area contributed by atoms with Gasteiger partial charge in [0.25, 0.3) is 0 Å². The number of ether oxygens (including phenoxy) is 1. The molecule has 0 bridgehead atoms. The highest BCUT2D eigenvalue weighted by molar-refractivity contribution is 6.09. The summed E-state index contributed by atoms with van der Waals surface area (Å²) in [5, 5.41) is 4.48. The molecule has 226 valence electrons. The van der Waals surface area contributed by atoms with E-state index in [9.17, 15) is 0 Å². The lowest BCUT2D eigenvalue weighted by atomic mass is 9.86. The molecule has 1 aliphatic carbocycles. The number of furan rings is 1. The molecule has 3 heterocycles. The predicted octanol–water partition coefficient (Wildman–Crippen LogP) is 10.6.